The molecule has 0 amide bonds. The van der Waals surface area contributed by atoms with E-state index in [-0.39, 0.29) is 0 Å². The molecule has 1 aromatic rings. The molecule has 0 bridgehead atoms. The summed E-state index contributed by atoms with van der Waals surface area (Å²) >= 11 is 0. The second-order valence-corrected chi connectivity index (χ2v) is 4.59. The lowest BCUT2D eigenvalue weighted by atomic mass is 10.1. The molecule has 3 heteroatoms. The molecule has 0 aliphatic heterocycles. The maximum atomic E-state index is 4.21. The highest BCUT2D eigenvalue weighted by molar-refractivity contribution is 4.87. The maximum Gasteiger partial charge on any atom is 0.105 e. The second-order valence-electron chi connectivity index (χ2n) is 4.59. The smallest absolute Gasteiger partial charge is 0.105 e. The molecule has 1 atom stereocenters. The molecule has 0 aliphatic carbocycles. The molecule has 1 aromatic heterocycles. The summed E-state index contributed by atoms with van der Waals surface area (Å²) in [6.07, 6.45) is 7.67. The van der Waals surface area contributed by atoms with Crippen LogP contribution in [0.5, 0.6) is 0 Å². The summed E-state index contributed by atoms with van der Waals surface area (Å²) in [5.74, 6) is 1.92. The van der Waals surface area contributed by atoms with E-state index < -0.39 is 0 Å². The van der Waals surface area contributed by atoms with Gasteiger partial charge >= 0.3 is 0 Å². The summed E-state index contributed by atoms with van der Waals surface area (Å²) in [5.41, 5.74) is 0. The molecular formula is C13H25N3. The van der Waals surface area contributed by atoms with Crippen LogP contribution >= 0.6 is 0 Å². The number of imidazole rings is 1. The Hall–Kier alpha value is -0.830. The predicted molar refractivity (Wildman–Crippen MR) is 68.5 cm³/mol. The van der Waals surface area contributed by atoms with Crippen LogP contribution in [0.3, 0.4) is 0 Å². The maximum absolute atomic E-state index is 4.21. The monoisotopic (exact) mass is 223 g/mol. The van der Waals surface area contributed by atoms with E-state index in [1.54, 1.807) is 0 Å². The zero-order valence-corrected chi connectivity index (χ0v) is 10.9. The van der Waals surface area contributed by atoms with Gasteiger partial charge in [0.15, 0.2) is 0 Å². The van der Waals surface area contributed by atoms with Crippen molar-refractivity contribution in [2.75, 3.05) is 13.1 Å². The van der Waals surface area contributed by atoms with Crippen molar-refractivity contribution in [2.45, 2.75) is 46.6 Å². The number of aromatic nitrogens is 2. The minimum absolute atomic E-state index is 0.802. The minimum atomic E-state index is 0.802. The van der Waals surface area contributed by atoms with Gasteiger partial charge in [0.25, 0.3) is 0 Å². The molecule has 92 valence electrons. The Bertz CT molecular complexity index is 280. The van der Waals surface area contributed by atoms with E-state index in [1.165, 1.54) is 19.3 Å². The number of rotatable bonds is 8. The standard InChI is InChI=1S/C13H25N3/c1-4-12(2)11-14-7-5-6-9-16-10-8-15-13(16)3/h8,10,12,14H,4-7,9,11H2,1-3H3. The van der Waals surface area contributed by atoms with Crippen LogP contribution in [0.2, 0.25) is 0 Å². The summed E-state index contributed by atoms with van der Waals surface area (Å²) in [4.78, 5) is 4.21. The van der Waals surface area contributed by atoms with Crippen molar-refractivity contribution in [3.8, 4) is 0 Å². The first-order valence-electron chi connectivity index (χ1n) is 6.42. The summed E-state index contributed by atoms with van der Waals surface area (Å²) in [7, 11) is 0. The molecule has 3 nitrogen and oxygen atoms in total. The normalized spacial score (nSPS) is 12.9. The van der Waals surface area contributed by atoms with E-state index in [9.17, 15) is 0 Å². The Morgan fingerprint density at radius 3 is 2.88 bits per heavy atom. The largest absolute Gasteiger partial charge is 0.335 e. The number of aryl methyl sites for hydroxylation is 2. The molecule has 0 aromatic carbocycles. The molecule has 0 saturated heterocycles. The molecule has 0 spiro atoms. The van der Waals surface area contributed by atoms with Crippen LogP contribution in [-0.4, -0.2) is 22.6 Å². The molecule has 0 radical (unpaired) electrons. The number of nitrogens with one attached hydrogen (secondary N) is 1. The highest BCUT2D eigenvalue weighted by Crippen LogP contribution is 2.00. The molecule has 16 heavy (non-hydrogen) atoms. The van der Waals surface area contributed by atoms with Crippen molar-refractivity contribution in [2.24, 2.45) is 5.92 Å². The molecule has 1 N–H and O–H groups in total. The Morgan fingerprint density at radius 1 is 1.44 bits per heavy atom. The zero-order valence-electron chi connectivity index (χ0n) is 10.9. The van der Waals surface area contributed by atoms with Gasteiger partial charge in [0.2, 0.25) is 0 Å². The summed E-state index contributed by atoms with van der Waals surface area (Å²) in [6, 6.07) is 0. The van der Waals surface area contributed by atoms with E-state index in [4.69, 9.17) is 0 Å². The lowest BCUT2D eigenvalue weighted by Crippen LogP contribution is -2.22. The van der Waals surface area contributed by atoms with Crippen LogP contribution < -0.4 is 5.32 Å². The zero-order chi connectivity index (χ0) is 11.8. The van der Waals surface area contributed by atoms with Gasteiger partial charge in [0, 0.05) is 18.9 Å². The van der Waals surface area contributed by atoms with Gasteiger partial charge in [-0.2, -0.15) is 0 Å². The van der Waals surface area contributed by atoms with Crippen LogP contribution in [-0.2, 0) is 6.54 Å². The Labute approximate surface area is 99.3 Å². The van der Waals surface area contributed by atoms with Gasteiger partial charge in [-0.3, -0.25) is 0 Å². The fourth-order valence-corrected chi connectivity index (χ4v) is 1.66. The van der Waals surface area contributed by atoms with Crippen molar-refractivity contribution >= 4 is 0 Å². The van der Waals surface area contributed by atoms with Gasteiger partial charge in [0.05, 0.1) is 0 Å². The van der Waals surface area contributed by atoms with Crippen LogP contribution in [0.1, 0.15) is 38.9 Å². The summed E-state index contributed by atoms with van der Waals surface area (Å²) in [5, 5.41) is 3.51. The van der Waals surface area contributed by atoms with Gasteiger partial charge < -0.3 is 9.88 Å². The van der Waals surface area contributed by atoms with E-state index >= 15 is 0 Å². The van der Waals surface area contributed by atoms with Gasteiger partial charge in [-0.1, -0.05) is 20.3 Å². The highest BCUT2D eigenvalue weighted by atomic mass is 15.0. The van der Waals surface area contributed by atoms with Crippen molar-refractivity contribution in [1.82, 2.24) is 14.9 Å². The summed E-state index contributed by atoms with van der Waals surface area (Å²) < 4.78 is 2.22. The van der Waals surface area contributed by atoms with Crippen molar-refractivity contribution in [1.29, 1.82) is 0 Å². The number of hydrogen-bond acceptors (Lipinski definition) is 2. The number of nitrogens with zero attached hydrogens (tertiary/aromatic N) is 2. The quantitative estimate of drug-likeness (QED) is 0.687. The van der Waals surface area contributed by atoms with E-state index in [2.05, 4.69) is 41.8 Å². The first kappa shape index (κ1) is 13.2. The molecular weight excluding hydrogens is 198 g/mol. The van der Waals surface area contributed by atoms with Gasteiger partial charge in [0.1, 0.15) is 5.82 Å². The third kappa shape index (κ3) is 4.79. The van der Waals surface area contributed by atoms with Crippen LogP contribution in [0.25, 0.3) is 0 Å². The topological polar surface area (TPSA) is 29.9 Å². The average Bonchev–Trinajstić information content (AvgIpc) is 2.69. The molecule has 1 rings (SSSR count). The molecule has 1 heterocycles. The van der Waals surface area contributed by atoms with E-state index in [0.717, 1.165) is 31.4 Å². The Balaban J connectivity index is 1.98. The molecule has 0 fully saturated rings. The molecule has 1 unspecified atom stereocenters. The van der Waals surface area contributed by atoms with Crippen molar-refractivity contribution in [3.63, 3.8) is 0 Å². The predicted octanol–water partition coefficient (Wildman–Crippen LogP) is 2.61. The van der Waals surface area contributed by atoms with Gasteiger partial charge in [-0.05, 0) is 38.8 Å². The fraction of sp³-hybridized carbons (Fsp3) is 0.769. The average molecular weight is 223 g/mol. The second kappa shape index (κ2) is 7.44. The van der Waals surface area contributed by atoms with Crippen LogP contribution in [0.15, 0.2) is 12.4 Å². The van der Waals surface area contributed by atoms with E-state index in [1.807, 2.05) is 6.20 Å². The van der Waals surface area contributed by atoms with Crippen LogP contribution in [0, 0.1) is 12.8 Å². The lowest BCUT2D eigenvalue weighted by molar-refractivity contribution is 0.483. The summed E-state index contributed by atoms with van der Waals surface area (Å²) in [6.45, 7) is 9.98. The third-order valence-electron chi connectivity index (χ3n) is 3.12. The Morgan fingerprint density at radius 2 is 2.25 bits per heavy atom. The van der Waals surface area contributed by atoms with Crippen LogP contribution in [0.4, 0.5) is 0 Å². The molecule has 0 aliphatic rings. The van der Waals surface area contributed by atoms with Gasteiger partial charge in [-0.25, -0.2) is 4.98 Å². The SMILES string of the molecule is CCC(C)CNCCCCn1ccnc1C. The number of hydrogen-bond donors (Lipinski definition) is 1. The first-order valence-corrected chi connectivity index (χ1v) is 6.42. The Kier molecular flexibility index (Phi) is 6.16. The third-order valence-corrected chi connectivity index (χ3v) is 3.12. The molecule has 0 saturated carbocycles. The number of unbranched alkanes of at least 4 members (excludes halogenated alkanes) is 1. The lowest BCUT2D eigenvalue weighted by Gasteiger charge is -2.10. The fourth-order valence-electron chi connectivity index (χ4n) is 1.66. The first-order chi connectivity index (χ1) is 7.74. The van der Waals surface area contributed by atoms with Gasteiger partial charge in [-0.15, -0.1) is 0 Å². The van der Waals surface area contributed by atoms with Crippen molar-refractivity contribution < 1.29 is 0 Å². The van der Waals surface area contributed by atoms with E-state index in [0.29, 0.717) is 0 Å². The highest BCUT2D eigenvalue weighted by Gasteiger charge is 1.98. The minimum Gasteiger partial charge on any atom is -0.335 e. The van der Waals surface area contributed by atoms with Crippen molar-refractivity contribution in [3.05, 3.63) is 18.2 Å².